The summed E-state index contributed by atoms with van der Waals surface area (Å²) in [6, 6.07) is 7.15. The van der Waals surface area contributed by atoms with Gasteiger partial charge in [-0.1, -0.05) is 6.07 Å². The predicted octanol–water partition coefficient (Wildman–Crippen LogP) is 1.82. The standard InChI is InChI=1S/C10H10N2O.ClH/c11-6-8-7-2-1-5-12-9(7)3-4-10(8)13;/h1-5,13H,6,11H2;1H. The Balaban J connectivity index is 0.000000980. The monoisotopic (exact) mass is 210 g/mol. The van der Waals surface area contributed by atoms with Gasteiger partial charge in [-0.15, -0.1) is 12.4 Å². The molecular weight excluding hydrogens is 200 g/mol. The Morgan fingerprint density at radius 2 is 2.07 bits per heavy atom. The van der Waals surface area contributed by atoms with Crippen LogP contribution in [0.3, 0.4) is 0 Å². The van der Waals surface area contributed by atoms with Gasteiger partial charge >= 0.3 is 0 Å². The number of pyridine rings is 1. The number of hydrogen-bond acceptors (Lipinski definition) is 3. The van der Waals surface area contributed by atoms with E-state index in [4.69, 9.17) is 5.73 Å². The highest BCUT2D eigenvalue weighted by atomic mass is 35.5. The van der Waals surface area contributed by atoms with E-state index in [-0.39, 0.29) is 18.2 Å². The third-order valence-electron chi connectivity index (χ3n) is 2.08. The molecule has 0 aliphatic rings. The van der Waals surface area contributed by atoms with Gasteiger partial charge in [0.1, 0.15) is 5.75 Å². The predicted molar refractivity (Wildman–Crippen MR) is 58.5 cm³/mol. The van der Waals surface area contributed by atoms with Gasteiger partial charge in [-0.3, -0.25) is 4.98 Å². The summed E-state index contributed by atoms with van der Waals surface area (Å²) in [7, 11) is 0. The van der Waals surface area contributed by atoms with Gasteiger partial charge in [0.2, 0.25) is 0 Å². The van der Waals surface area contributed by atoms with E-state index >= 15 is 0 Å². The van der Waals surface area contributed by atoms with Gasteiger partial charge in [0.25, 0.3) is 0 Å². The first-order chi connectivity index (χ1) is 6.33. The van der Waals surface area contributed by atoms with Crippen molar-refractivity contribution in [2.24, 2.45) is 5.73 Å². The second-order valence-corrected chi connectivity index (χ2v) is 2.84. The van der Waals surface area contributed by atoms with Crippen LogP contribution >= 0.6 is 12.4 Å². The summed E-state index contributed by atoms with van der Waals surface area (Å²) >= 11 is 0. The molecule has 0 fully saturated rings. The normalized spacial score (nSPS) is 9.79. The fourth-order valence-corrected chi connectivity index (χ4v) is 1.42. The Hall–Kier alpha value is -1.32. The van der Waals surface area contributed by atoms with Crippen LogP contribution in [-0.2, 0) is 6.54 Å². The molecule has 0 unspecified atom stereocenters. The van der Waals surface area contributed by atoms with Crippen LogP contribution in [-0.4, -0.2) is 10.1 Å². The van der Waals surface area contributed by atoms with Crippen LogP contribution in [0.2, 0.25) is 0 Å². The average molecular weight is 211 g/mol. The number of fused-ring (bicyclic) bond motifs is 1. The minimum Gasteiger partial charge on any atom is -0.508 e. The molecule has 0 radical (unpaired) electrons. The van der Waals surface area contributed by atoms with Crippen LogP contribution in [0.5, 0.6) is 5.75 Å². The van der Waals surface area contributed by atoms with E-state index in [9.17, 15) is 5.11 Å². The molecule has 3 nitrogen and oxygen atoms in total. The van der Waals surface area contributed by atoms with Gasteiger partial charge in [-0.05, 0) is 18.2 Å². The van der Waals surface area contributed by atoms with Crippen molar-refractivity contribution in [1.82, 2.24) is 4.98 Å². The summed E-state index contributed by atoms with van der Waals surface area (Å²) in [4.78, 5) is 4.16. The first-order valence-electron chi connectivity index (χ1n) is 4.08. The highest BCUT2D eigenvalue weighted by molar-refractivity contribution is 5.85. The Morgan fingerprint density at radius 1 is 1.29 bits per heavy atom. The quantitative estimate of drug-likeness (QED) is 0.755. The number of halogens is 1. The van der Waals surface area contributed by atoms with Crippen molar-refractivity contribution < 1.29 is 5.11 Å². The molecular formula is C10H11ClN2O. The fraction of sp³-hybridized carbons (Fsp3) is 0.100. The third-order valence-corrected chi connectivity index (χ3v) is 2.08. The van der Waals surface area contributed by atoms with Gasteiger partial charge < -0.3 is 10.8 Å². The maximum Gasteiger partial charge on any atom is 0.120 e. The lowest BCUT2D eigenvalue weighted by atomic mass is 10.1. The number of nitrogens with two attached hydrogens (primary N) is 1. The summed E-state index contributed by atoms with van der Waals surface area (Å²) in [6.07, 6.45) is 1.72. The summed E-state index contributed by atoms with van der Waals surface area (Å²) in [5, 5.41) is 10.4. The second-order valence-electron chi connectivity index (χ2n) is 2.84. The first kappa shape index (κ1) is 10.8. The number of aromatic nitrogens is 1. The number of phenols is 1. The molecule has 74 valence electrons. The van der Waals surface area contributed by atoms with Gasteiger partial charge in [0.15, 0.2) is 0 Å². The number of phenolic OH excluding ortho intramolecular Hbond substituents is 1. The molecule has 3 N–H and O–H groups in total. The maximum absolute atomic E-state index is 9.50. The molecule has 4 heteroatoms. The number of hydrogen-bond donors (Lipinski definition) is 2. The molecule has 0 atom stereocenters. The van der Waals surface area contributed by atoms with Crippen LogP contribution in [0.25, 0.3) is 10.9 Å². The zero-order chi connectivity index (χ0) is 9.26. The lowest BCUT2D eigenvalue weighted by molar-refractivity contribution is 0.469. The Bertz CT molecular complexity index is 445. The maximum atomic E-state index is 9.50. The van der Waals surface area contributed by atoms with Crippen molar-refractivity contribution in [2.45, 2.75) is 6.54 Å². The molecule has 0 spiro atoms. The van der Waals surface area contributed by atoms with E-state index in [2.05, 4.69) is 4.98 Å². The number of rotatable bonds is 1. The molecule has 1 heterocycles. The van der Waals surface area contributed by atoms with Crippen molar-refractivity contribution in [1.29, 1.82) is 0 Å². The molecule has 0 amide bonds. The summed E-state index contributed by atoms with van der Waals surface area (Å²) in [6.45, 7) is 0.328. The molecule has 1 aromatic heterocycles. The molecule has 0 bridgehead atoms. The number of nitrogens with zero attached hydrogens (tertiary/aromatic N) is 1. The van der Waals surface area contributed by atoms with Crippen LogP contribution in [0.15, 0.2) is 30.5 Å². The zero-order valence-corrected chi connectivity index (χ0v) is 8.29. The smallest absolute Gasteiger partial charge is 0.120 e. The van der Waals surface area contributed by atoms with Crippen molar-refractivity contribution >= 4 is 23.3 Å². The minimum atomic E-state index is 0. The van der Waals surface area contributed by atoms with E-state index in [0.29, 0.717) is 6.54 Å². The summed E-state index contributed by atoms with van der Waals surface area (Å²) in [5.74, 6) is 0.239. The molecule has 14 heavy (non-hydrogen) atoms. The molecule has 0 aliphatic heterocycles. The summed E-state index contributed by atoms with van der Waals surface area (Å²) in [5.41, 5.74) is 7.15. The molecule has 0 aliphatic carbocycles. The van der Waals surface area contributed by atoms with E-state index in [1.807, 2.05) is 12.1 Å². The third kappa shape index (κ3) is 1.64. The van der Waals surface area contributed by atoms with Crippen molar-refractivity contribution in [3.63, 3.8) is 0 Å². The van der Waals surface area contributed by atoms with Crippen molar-refractivity contribution in [3.05, 3.63) is 36.0 Å². The van der Waals surface area contributed by atoms with Gasteiger partial charge in [-0.2, -0.15) is 0 Å². The molecule has 1 aromatic carbocycles. The van der Waals surface area contributed by atoms with Crippen LogP contribution in [0, 0.1) is 0 Å². The summed E-state index contributed by atoms with van der Waals surface area (Å²) < 4.78 is 0. The van der Waals surface area contributed by atoms with Gasteiger partial charge in [-0.25, -0.2) is 0 Å². The van der Waals surface area contributed by atoms with E-state index < -0.39 is 0 Å². The largest absolute Gasteiger partial charge is 0.508 e. The lowest BCUT2D eigenvalue weighted by Gasteiger charge is -2.05. The van der Waals surface area contributed by atoms with Gasteiger partial charge in [0.05, 0.1) is 5.52 Å². The van der Waals surface area contributed by atoms with Crippen LogP contribution in [0.1, 0.15) is 5.56 Å². The van der Waals surface area contributed by atoms with Crippen LogP contribution < -0.4 is 5.73 Å². The Morgan fingerprint density at radius 3 is 2.79 bits per heavy atom. The molecule has 0 saturated heterocycles. The topological polar surface area (TPSA) is 59.1 Å². The van der Waals surface area contributed by atoms with E-state index in [0.717, 1.165) is 16.5 Å². The Labute approximate surface area is 88.0 Å². The highest BCUT2D eigenvalue weighted by Gasteiger charge is 2.04. The highest BCUT2D eigenvalue weighted by Crippen LogP contribution is 2.24. The van der Waals surface area contributed by atoms with E-state index in [1.54, 1.807) is 18.3 Å². The van der Waals surface area contributed by atoms with Gasteiger partial charge in [0, 0.05) is 23.7 Å². The molecule has 2 aromatic rings. The second kappa shape index (κ2) is 4.26. The fourth-order valence-electron chi connectivity index (χ4n) is 1.42. The average Bonchev–Trinajstić information content (AvgIpc) is 2.18. The number of benzene rings is 1. The Kier molecular flexibility index (Phi) is 3.28. The van der Waals surface area contributed by atoms with Crippen molar-refractivity contribution in [2.75, 3.05) is 0 Å². The minimum absolute atomic E-state index is 0. The molecule has 2 rings (SSSR count). The zero-order valence-electron chi connectivity index (χ0n) is 7.47. The lowest BCUT2D eigenvalue weighted by Crippen LogP contribution is -1.98. The number of aromatic hydroxyl groups is 1. The SMILES string of the molecule is Cl.NCc1c(O)ccc2ncccc12. The van der Waals surface area contributed by atoms with E-state index in [1.165, 1.54) is 0 Å². The van der Waals surface area contributed by atoms with Crippen LogP contribution in [0.4, 0.5) is 0 Å². The first-order valence-corrected chi connectivity index (χ1v) is 4.08. The van der Waals surface area contributed by atoms with Crippen molar-refractivity contribution in [3.8, 4) is 5.75 Å². The molecule has 0 saturated carbocycles.